The van der Waals surface area contributed by atoms with Crippen LogP contribution in [-0.2, 0) is 0 Å². The highest BCUT2D eigenvalue weighted by Gasteiger charge is 2.23. The number of carbonyl (C=O) groups excluding carboxylic acids is 1. The third-order valence-electron chi connectivity index (χ3n) is 3.00. The Morgan fingerprint density at radius 1 is 1.41 bits per heavy atom. The third-order valence-corrected chi connectivity index (χ3v) is 3.23. The fraction of sp³-hybridized carbons (Fsp3) is 0.417. The highest BCUT2D eigenvalue weighted by Crippen LogP contribution is 2.21. The summed E-state index contributed by atoms with van der Waals surface area (Å²) in [5.41, 5.74) is 6.64. The second kappa shape index (κ2) is 4.94. The molecule has 5 heteroatoms. The van der Waals surface area contributed by atoms with Crippen LogP contribution in [0.1, 0.15) is 23.2 Å². The van der Waals surface area contributed by atoms with Gasteiger partial charge in [-0.1, -0.05) is 11.6 Å². The van der Waals surface area contributed by atoms with Crippen LogP contribution in [0.25, 0.3) is 0 Å². The third kappa shape index (κ3) is 2.70. The van der Waals surface area contributed by atoms with Gasteiger partial charge in [-0.3, -0.25) is 4.79 Å². The van der Waals surface area contributed by atoms with Gasteiger partial charge in [0.2, 0.25) is 0 Å². The van der Waals surface area contributed by atoms with E-state index in [1.807, 2.05) is 0 Å². The smallest absolute Gasteiger partial charge is 0.255 e. The second-order valence-corrected chi connectivity index (χ2v) is 4.69. The minimum atomic E-state index is -0.296. The minimum Gasteiger partial charge on any atom is -0.398 e. The number of piperidine rings is 1. The molecule has 17 heavy (non-hydrogen) atoms. The van der Waals surface area contributed by atoms with Crippen LogP contribution >= 0.6 is 11.6 Å². The standard InChI is InChI=1S/C12H15ClN2O2/c13-8-1-2-11(14)10(7-8)12(17)15-5-3-9(16)4-6-15/h1-2,7,9,16H,3-6,14H2. The van der Waals surface area contributed by atoms with E-state index in [1.165, 1.54) is 0 Å². The maximum absolute atomic E-state index is 12.2. The molecule has 4 nitrogen and oxygen atoms in total. The van der Waals surface area contributed by atoms with Crippen LogP contribution in [0.5, 0.6) is 0 Å². The largest absolute Gasteiger partial charge is 0.398 e. The van der Waals surface area contributed by atoms with E-state index in [0.717, 1.165) is 0 Å². The first-order valence-corrected chi connectivity index (χ1v) is 5.98. The van der Waals surface area contributed by atoms with Gasteiger partial charge < -0.3 is 15.7 Å². The van der Waals surface area contributed by atoms with E-state index in [-0.39, 0.29) is 12.0 Å². The lowest BCUT2D eigenvalue weighted by Gasteiger charge is -2.30. The van der Waals surface area contributed by atoms with E-state index in [4.69, 9.17) is 17.3 Å². The Hall–Kier alpha value is -1.26. The van der Waals surface area contributed by atoms with Crippen LogP contribution in [0, 0.1) is 0 Å². The molecule has 1 aliphatic rings. The lowest BCUT2D eigenvalue weighted by atomic mass is 10.1. The van der Waals surface area contributed by atoms with Gasteiger partial charge in [0.05, 0.1) is 11.7 Å². The Labute approximate surface area is 105 Å². The van der Waals surface area contributed by atoms with Gasteiger partial charge in [0.1, 0.15) is 0 Å². The zero-order valence-electron chi connectivity index (χ0n) is 9.40. The Bertz CT molecular complexity index is 429. The first-order valence-electron chi connectivity index (χ1n) is 5.60. The molecule has 1 aliphatic heterocycles. The molecular formula is C12H15ClN2O2. The molecule has 1 aromatic carbocycles. The number of halogens is 1. The van der Waals surface area contributed by atoms with Gasteiger partial charge in [0.15, 0.2) is 0 Å². The number of hydrogen-bond acceptors (Lipinski definition) is 3. The second-order valence-electron chi connectivity index (χ2n) is 4.25. The van der Waals surface area contributed by atoms with Crippen LogP contribution < -0.4 is 5.73 Å². The molecule has 0 radical (unpaired) electrons. The number of carbonyl (C=O) groups is 1. The lowest BCUT2D eigenvalue weighted by molar-refractivity contribution is 0.0547. The van der Waals surface area contributed by atoms with Crippen molar-refractivity contribution in [3.8, 4) is 0 Å². The van der Waals surface area contributed by atoms with Gasteiger partial charge in [0, 0.05) is 23.8 Å². The van der Waals surface area contributed by atoms with E-state index in [2.05, 4.69) is 0 Å². The summed E-state index contributed by atoms with van der Waals surface area (Å²) in [5, 5.41) is 9.89. The molecule has 3 N–H and O–H groups in total. The maximum atomic E-state index is 12.2. The number of nitrogens with two attached hydrogens (primary N) is 1. The molecule has 0 spiro atoms. The quantitative estimate of drug-likeness (QED) is 0.747. The number of likely N-dealkylation sites (tertiary alicyclic amines) is 1. The van der Waals surface area contributed by atoms with Gasteiger partial charge in [-0.15, -0.1) is 0 Å². The number of aliphatic hydroxyl groups excluding tert-OH is 1. The monoisotopic (exact) mass is 254 g/mol. The van der Waals surface area contributed by atoms with Crippen LogP contribution in [0.2, 0.25) is 5.02 Å². The van der Waals surface area contributed by atoms with Gasteiger partial charge in [-0.05, 0) is 31.0 Å². The van der Waals surface area contributed by atoms with Crippen molar-refractivity contribution in [3.05, 3.63) is 28.8 Å². The van der Waals surface area contributed by atoms with Crippen molar-refractivity contribution in [2.24, 2.45) is 0 Å². The molecule has 92 valence electrons. The zero-order chi connectivity index (χ0) is 12.4. The van der Waals surface area contributed by atoms with Crippen LogP contribution in [-0.4, -0.2) is 35.1 Å². The van der Waals surface area contributed by atoms with Crippen molar-refractivity contribution in [1.29, 1.82) is 0 Å². The van der Waals surface area contributed by atoms with Crippen molar-refractivity contribution in [2.75, 3.05) is 18.8 Å². The van der Waals surface area contributed by atoms with E-state index < -0.39 is 0 Å². The first-order chi connectivity index (χ1) is 8.08. The number of benzene rings is 1. The van der Waals surface area contributed by atoms with E-state index in [1.54, 1.807) is 23.1 Å². The molecule has 1 heterocycles. The SMILES string of the molecule is Nc1ccc(Cl)cc1C(=O)N1CCC(O)CC1. The highest BCUT2D eigenvalue weighted by molar-refractivity contribution is 6.31. The fourth-order valence-corrected chi connectivity index (χ4v) is 2.13. The van der Waals surface area contributed by atoms with Crippen LogP contribution in [0.15, 0.2) is 18.2 Å². The Morgan fingerprint density at radius 2 is 2.06 bits per heavy atom. The van der Waals surface area contributed by atoms with Crippen LogP contribution in [0.3, 0.4) is 0 Å². The van der Waals surface area contributed by atoms with E-state index in [9.17, 15) is 9.90 Å². The Morgan fingerprint density at radius 3 is 2.71 bits per heavy atom. The molecule has 1 aromatic rings. The zero-order valence-corrected chi connectivity index (χ0v) is 10.2. The number of rotatable bonds is 1. The van der Waals surface area contributed by atoms with Crippen molar-refractivity contribution < 1.29 is 9.90 Å². The molecule has 0 aromatic heterocycles. The summed E-state index contributed by atoms with van der Waals surface area (Å²) in [6, 6.07) is 4.88. The van der Waals surface area contributed by atoms with Gasteiger partial charge >= 0.3 is 0 Å². The summed E-state index contributed by atoms with van der Waals surface area (Å²) < 4.78 is 0. The average molecular weight is 255 g/mol. The topological polar surface area (TPSA) is 66.6 Å². The Kier molecular flexibility index (Phi) is 3.54. The number of nitrogens with zero attached hydrogens (tertiary/aromatic N) is 1. The molecule has 1 saturated heterocycles. The Balaban J connectivity index is 2.16. The summed E-state index contributed by atoms with van der Waals surface area (Å²) in [6.45, 7) is 1.12. The average Bonchev–Trinajstić information content (AvgIpc) is 2.32. The fourth-order valence-electron chi connectivity index (χ4n) is 1.95. The van der Waals surface area contributed by atoms with Crippen molar-refractivity contribution in [3.63, 3.8) is 0 Å². The number of amides is 1. The molecule has 0 atom stereocenters. The molecule has 2 rings (SSSR count). The summed E-state index contributed by atoms with van der Waals surface area (Å²) in [4.78, 5) is 13.9. The summed E-state index contributed by atoms with van der Waals surface area (Å²) in [5.74, 6) is -0.114. The molecule has 0 bridgehead atoms. The number of aliphatic hydroxyl groups is 1. The normalized spacial score (nSPS) is 17.2. The van der Waals surface area contributed by atoms with Gasteiger partial charge in [0.25, 0.3) is 5.91 Å². The molecule has 1 fully saturated rings. The highest BCUT2D eigenvalue weighted by atomic mass is 35.5. The number of nitrogen functional groups attached to an aromatic ring is 1. The molecule has 1 amide bonds. The number of hydrogen-bond donors (Lipinski definition) is 2. The summed E-state index contributed by atoms with van der Waals surface area (Å²) in [6.07, 6.45) is 0.939. The first kappa shape index (κ1) is 12.2. The summed E-state index contributed by atoms with van der Waals surface area (Å²) >= 11 is 5.86. The van der Waals surface area contributed by atoms with Gasteiger partial charge in [-0.25, -0.2) is 0 Å². The molecule has 0 unspecified atom stereocenters. The minimum absolute atomic E-state index is 0.114. The number of anilines is 1. The molecular weight excluding hydrogens is 240 g/mol. The van der Waals surface area contributed by atoms with Crippen molar-refractivity contribution >= 4 is 23.2 Å². The van der Waals surface area contributed by atoms with E-state index >= 15 is 0 Å². The van der Waals surface area contributed by atoms with Crippen molar-refractivity contribution in [2.45, 2.75) is 18.9 Å². The van der Waals surface area contributed by atoms with Crippen LogP contribution in [0.4, 0.5) is 5.69 Å². The van der Waals surface area contributed by atoms with Gasteiger partial charge in [-0.2, -0.15) is 0 Å². The molecule has 0 aliphatic carbocycles. The predicted octanol–water partition coefficient (Wildman–Crippen LogP) is 1.52. The van der Waals surface area contributed by atoms with Crippen molar-refractivity contribution in [1.82, 2.24) is 4.90 Å². The van der Waals surface area contributed by atoms with E-state index in [0.29, 0.717) is 42.2 Å². The lowest BCUT2D eigenvalue weighted by Crippen LogP contribution is -2.40. The molecule has 0 saturated carbocycles. The predicted molar refractivity (Wildman–Crippen MR) is 67.0 cm³/mol. The summed E-state index contributed by atoms with van der Waals surface area (Å²) in [7, 11) is 0. The maximum Gasteiger partial charge on any atom is 0.255 e.